The second kappa shape index (κ2) is 7.52. The molecular formula is C22H27N7S. The van der Waals surface area contributed by atoms with Gasteiger partial charge in [-0.2, -0.15) is 0 Å². The van der Waals surface area contributed by atoms with Gasteiger partial charge in [-0.25, -0.2) is 15.0 Å². The average molecular weight is 422 g/mol. The van der Waals surface area contributed by atoms with Crippen molar-refractivity contribution in [3.05, 3.63) is 41.4 Å². The van der Waals surface area contributed by atoms with Crippen LogP contribution in [0.15, 0.2) is 35.8 Å². The van der Waals surface area contributed by atoms with Gasteiger partial charge in [0.15, 0.2) is 5.13 Å². The van der Waals surface area contributed by atoms with Crippen LogP contribution in [0, 0.1) is 6.92 Å². The molecule has 156 valence electrons. The monoisotopic (exact) mass is 421 g/mol. The number of thiazole rings is 1. The molecule has 3 aromatic rings. The summed E-state index contributed by atoms with van der Waals surface area (Å²) < 4.78 is 0. The van der Waals surface area contributed by atoms with Crippen LogP contribution in [0.1, 0.15) is 12.0 Å². The molecule has 0 saturated carbocycles. The van der Waals surface area contributed by atoms with E-state index in [9.17, 15) is 0 Å². The number of rotatable bonds is 5. The minimum absolute atomic E-state index is 0.584. The molecule has 5 rings (SSSR count). The number of aromatic nitrogens is 3. The van der Waals surface area contributed by atoms with Crippen LogP contribution in [-0.2, 0) is 0 Å². The van der Waals surface area contributed by atoms with Gasteiger partial charge in [0.25, 0.3) is 0 Å². The van der Waals surface area contributed by atoms with Crippen LogP contribution in [0.4, 0.5) is 22.5 Å². The van der Waals surface area contributed by atoms with E-state index in [1.165, 1.54) is 17.7 Å². The van der Waals surface area contributed by atoms with Gasteiger partial charge in [-0.3, -0.25) is 4.90 Å². The van der Waals surface area contributed by atoms with E-state index in [4.69, 9.17) is 0 Å². The lowest BCUT2D eigenvalue weighted by atomic mass is 10.1. The van der Waals surface area contributed by atoms with E-state index < -0.39 is 0 Å². The number of hydrogen-bond donors (Lipinski definition) is 1. The van der Waals surface area contributed by atoms with Crippen LogP contribution in [0.25, 0.3) is 11.4 Å². The molecule has 2 fully saturated rings. The molecule has 2 aliphatic rings. The van der Waals surface area contributed by atoms with Gasteiger partial charge in [-0.15, -0.1) is 11.3 Å². The molecule has 2 bridgehead atoms. The molecule has 4 heterocycles. The van der Waals surface area contributed by atoms with Crippen LogP contribution in [0.3, 0.4) is 0 Å². The molecule has 30 heavy (non-hydrogen) atoms. The van der Waals surface area contributed by atoms with Gasteiger partial charge in [0.2, 0.25) is 5.95 Å². The zero-order valence-corrected chi connectivity index (χ0v) is 18.6. The Labute approximate surface area is 181 Å². The van der Waals surface area contributed by atoms with Gasteiger partial charge in [-0.05, 0) is 50.2 Å². The number of aryl methyl sites for hydroxylation is 1. The third-order valence-corrected chi connectivity index (χ3v) is 7.08. The van der Waals surface area contributed by atoms with E-state index in [0.29, 0.717) is 18.0 Å². The Morgan fingerprint density at radius 1 is 1.10 bits per heavy atom. The van der Waals surface area contributed by atoms with E-state index in [1.807, 2.05) is 30.4 Å². The molecule has 0 spiro atoms. The first kappa shape index (κ1) is 19.3. The van der Waals surface area contributed by atoms with Crippen molar-refractivity contribution in [1.82, 2.24) is 19.9 Å². The van der Waals surface area contributed by atoms with Crippen LogP contribution >= 0.6 is 11.3 Å². The van der Waals surface area contributed by atoms with Gasteiger partial charge in [-0.1, -0.05) is 0 Å². The number of likely N-dealkylation sites (N-methyl/N-ethyl adjacent to an activating group) is 1. The van der Waals surface area contributed by atoms with Crippen molar-refractivity contribution in [2.75, 3.05) is 49.3 Å². The summed E-state index contributed by atoms with van der Waals surface area (Å²) in [6, 6.07) is 9.78. The SMILES string of the molecule is Cc1cc(Nc2nccc(-c3csc(N(C)C)n3)n2)ccc1N1C[C@H]2C[C@H]1CN2C. The maximum absolute atomic E-state index is 4.67. The highest BCUT2D eigenvalue weighted by Crippen LogP contribution is 2.36. The van der Waals surface area contributed by atoms with Crippen molar-refractivity contribution >= 4 is 33.8 Å². The topological polar surface area (TPSA) is 60.4 Å². The number of fused-ring (bicyclic) bond motifs is 2. The Morgan fingerprint density at radius 2 is 1.97 bits per heavy atom. The van der Waals surface area contributed by atoms with Crippen LogP contribution < -0.4 is 15.1 Å². The number of anilines is 4. The van der Waals surface area contributed by atoms with E-state index in [2.05, 4.69) is 62.2 Å². The van der Waals surface area contributed by atoms with Crippen molar-refractivity contribution in [2.24, 2.45) is 0 Å². The predicted molar refractivity (Wildman–Crippen MR) is 124 cm³/mol. The molecule has 2 saturated heterocycles. The van der Waals surface area contributed by atoms with Gasteiger partial charge in [0.05, 0.1) is 5.69 Å². The Hall–Kier alpha value is -2.71. The third-order valence-electron chi connectivity index (χ3n) is 6.07. The fourth-order valence-corrected chi connectivity index (χ4v) is 5.25. The van der Waals surface area contributed by atoms with Crippen molar-refractivity contribution in [3.63, 3.8) is 0 Å². The molecular weight excluding hydrogens is 394 g/mol. The molecule has 1 N–H and O–H groups in total. The molecule has 0 amide bonds. The van der Waals surface area contributed by atoms with Gasteiger partial charge >= 0.3 is 0 Å². The molecule has 1 aromatic carbocycles. The second-order valence-corrected chi connectivity index (χ2v) is 9.27. The van der Waals surface area contributed by atoms with Gasteiger partial charge in [0.1, 0.15) is 5.69 Å². The lowest BCUT2D eigenvalue weighted by molar-refractivity contribution is 0.292. The zero-order valence-electron chi connectivity index (χ0n) is 17.8. The van der Waals surface area contributed by atoms with Crippen LogP contribution in [-0.4, -0.2) is 66.2 Å². The van der Waals surface area contributed by atoms with Gasteiger partial charge < -0.3 is 15.1 Å². The second-order valence-electron chi connectivity index (χ2n) is 8.44. The fourth-order valence-electron chi connectivity index (χ4n) is 4.49. The maximum Gasteiger partial charge on any atom is 0.227 e. The summed E-state index contributed by atoms with van der Waals surface area (Å²) in [5.41, 5.74) is 5.32. The lowest BCUT2D eigenvalue weighted by Crippen LogP contribution is -2.44. The van der Waals surface area contributed by atoms with Crippen molar-refractivity contribution in [2.45, 2.75) is 25.4 Å². The first-order chi connectivity index (χ1) is 14.5. The molecule has 2 aromatic heterocycles. The number of nitrogens with zero attached hydrogens (tertiary/aromatic N) is 6. The van der Waals surface area contributed by atoms with Crippen molar-refractivity contribution in [3.8, 4) is 11.4 Å². The number of hydrogen-bond acceptors (Lipinski definition) is 8. The van der Waals surface area contributed by atoms with E-state index >= 15 is 0 Å². The average Bonchev–Trinajstić information content (AvgIpc) is 3.44. The highest BCUT2D eigenvalue weighted by molar-refractivity contribution is 7.14. The molecule has 0 aliphatic carbocycles. The minimum atomic E-state index is 0.584. The number of nitrogens with one attached hydrogen (secondary N) is 1. The smallest absolute Gasteiger partial charge is 0.227 e. The Kier molecular flexibility index (Phi) is 4.83. The Morgan fingerprint density at radius 3 is 2.63 bits per heavy atom. The van der Waals surface area contributed by atoms with Crippen molar-refractivity contribution in [1.29, 1.82) is 0 Å². The summed E-state index contributed by atoms with van der Waals surface area (Å²) in [4.78, 5) is 20.8. The van der Waals surface area contributed by atoms with E-state index in [0.717, 1.165) is 35.3 Å². The standard InChI is InChI=1S/C22H27N7S/c1-14-9-15(5-6-20(14)29-12-16-10-17(29)11-28(16)4)24-21-23-8-7-18(25-21)19-13-30-22(26-19)27(2)3/h5-9,13,16-17H,10-12H2,1-4H3,(H,23,24,25)/t16-,17+/m1/s1. The van der Waals surface area contributed by atoms with E-state index in [-0.39, 0.29) is 0 Å². The summed E-state index contributed by atoms with van der Waals surface area (Å²) in [6.07, 6.45) is 3.06. The molecule has 2 aliphatic heterocycles. The summed E-state index contributed by atoms with van der Waals surface area (Å²) in [5, 5.41) is 6.35. The number of benzene rings is 1. The molecule has 8 heteroatoms. The van der Waals surface area contributed by atoms with E-state index in [1.54, 1.807) is 17.5 Å². The molecule has 2 atom stereocenters. The van der Waals surface area contributed by atoms with Crippen LogP contribution in [0.2, 0.25) is 0 Å². The summed E-state index contributed by atoms with van der Waals surface area (Å²) in [6.45, 7) is 4.48. The van der Waals surface area contributed by atoms with Crippen molar-refractivity contribution < 1.29 is 0 Å². The molecule has 0 unspecified atom stereocenters. The Bertz CT molecular complexity index is 1060. The largest absolute Gasteiger partial charge is 0.365 e. The molecule has 7 nitrogen and oxygen atoms in total. The maximum atomic E-state index is 4.67. The zero-order chi connectivity index (χ0) is 20.8. The first-order valence-corrected chi connectivity index (χ1v) is 11.2. The fraction of sp³-hybridized carbons (Fsp3) is 0.409. The predicted octanol–water partition coefficient (Wildman–Crippen LogP) is 3.61. The summed E-state index contributed by atoms with van der Waals surface area (Å²) in [7, 11) is 6.23. The minimum Gasteiger partial charge on any atom is -0.365 e. The molecule has 0 radical (unpaired) electrons. The van der Waals surface area contributed by atoms with Crippen LogP contribution in [0.5, 0.6) is 0 Å². The highest BCUT2D eigenvalue weighted by Gasteiger charge is 2.41. The normalized spacial score (nSPS) is 20.7. The summed E-state index contributed by atoms with van der Waals surface area (Å²) >= 11 is 1.61. The Balaban J connectivity index is 1.33. The quantitative estimate of drug-likeness (QED) is 0.675. The number of piperazine rings is 1. The number of likely N-dealkylation sites (tertiary alicyclic amines) is 1. The lowest BCUT2D eigenvalue weighted by Gasteiger charge is -2.34. The summed E-state index contributed by atoms with van der Waals surface area (Å²) in [5.74, 6) is 0.584. The third kappa shape index (κ3) is 3.50. The first-order valence-electron chi connectivity index (χ1n) is 10.3. The highest BCUT2D eigenvalue weighted by atomic mass is 32.1. The van der Waals surface area contributed by atoms with Gasteiger partial charge in [0, 0.05) is 62.2 Å².